The van der Waals surface area contributed by atoms with Crippen LogP contribution in [0.25, 0.3) is 28.0 Å². The van der Waals surface area contributed by atoms with Gasteiger partial charge in [0.05, 0.1) is 5.69 Å². The quantitative estimate of drug-likeness (QED) is 0.270. The predicted molar refractivity (Wildman–Crippen MR) is 147 cm³/mol. The van der Waals surface area contributed by atoms with E-state index in [2.05, 4.69) is 60.5 Å². The molecule has 0 bridgehead atoms. The lowest BCUT2D eigenvalue weighted by Gasteiger charge is -2.34. The van der Waals surface area contributed by atoms with Crippen molar-refractivity contribution >= 4 is 51.0 Å². The fourth-order valence-corrected chi connectivity index (χ4v) is 4.51. The van der Waals surface area contributed by atoms with Gasteiger partial charge in [0.1, 0.15) is 17.0 Å². The number of nitrogen functional groups attached to an aromatic ring is 1. The number of anilines is 4. The summed E-state index contributed by atoms with van der Waals surface area (Å²) in [5.41, 5.74) is 10.7. The fraction of sp³-hybridized carbons (Fsp3) is 0.200. The van der Waals surface area contributed by atoms with Crippen LogP contribution in [0.4, 0.5) is 23.1 Å². The van der Waals surface area contributed by atoms with Crippen LogP contribution in [0.3, 0.4) is 0 Å². The number of pyridine rings is 2. The second kappa shape index (κ2) is 10.5. The first-order valence-corrected chi connectivity index (χ1v) is 12.7. The maximum Gasteiger partial charge on any atom is 0.259 e. The zero-order chi connectivity index (χ0) is 25.9. The third-order valence-electron chi connectivity index (χ3n) is 6.20. The largest absolute Gasteiger partial charge is 0.383 e. The van der Waals surface area contributed by atoms with Crippen molar-refractivity contribution in [1.29, 1.82) is 0 Å². The predicted octanol–water partition coefficient (Wildman–Crippen LogP) is 2.86. The molecule has 1 aromatic carbocycles. The number of likely N-dealkylation sites (N-methyl/N-ethyl adjacent to an activating group) is 1. The standard InChI is InChI=1S/C25H27N9O2S/c1-16(32-37(35)36)17-7-9-27-21(15-17)23-22-20(8-10-28-23)24(26)31-25(30-22)29-18-3-5-19(6-4-18)34-13-11-33(2)12-14-34/h3-10,15,32H,1,11-14H2,2H3,(H,35,36)(H3,26,29,30,31). The van der Waals surface area contributed by atoms with Gasteiger partial charge in [-0.05, 0) is 49.5 Å². The molecule has 37 heavy (non-hydrogen) atoms. The zero-order valence-corrected chi connectivity index (χ0v) is 21.1. The number of nitrogens with one attached hydrogen (secondary N) is 2. The summed E-state index contributed by atoms with van der Waals surface area (Å²) in [6.07, 6.45) is 3.19. The Hall–Kier alpha value is -4.13. The number of aromatic nitrogens is 4. The first kappa shape index (κ1) is 24.6. The van der Waals surface area contributed by atoms with Crippen molar-refractivity contribution in [2.24, 2.45) is 0 Å². The van der Waals surface area contributed by atoms with Crippen LogP contribution in [0.15, 0.2) is 61.4 Å². The lowest BCUT2D eigenvalue weighted by atomic mass is 10.1. The second-order valence-electron chi connectivity index (χ2n) is 8.71. The highest BCUT2D eigenvalue weighted by Gasteiger charge is 2.16. The van der Waals surface area contributed by atoms with Crippen LogP contribution in [0.1, 0.15) is 5.56 Å². The molecule has 1 fully saturated rings. The maximum absolute atomic E-state index is 11.1. The van der Waals surface area contributed by atoms with E-state index in [0.29, 0.717) is 39.6 Å². The number of rotatable bonds is 7. The number of fused-ring (bicyclic) bond motifs is 1. The Morgan fingerprint density at radius 1 is 1.05 bits per heavy atom. The molecule has 1 atom stereocenters. The van der Waals surface area contributed by atoms with Gasteiger partial charge >= 0.3 is 0 Å². The van der Waals surface area contributed by atoms with Crippen LogP contribution in [0.2, 0.25) is 0 Å². The van der Waals surface area contributed by atoms with Crippen molar-refractivity contribution in [3.05, 3.63) is 67.0 Å². The summed E-state index contributed by atoms with van der Waals surface area (Å²) in [6, 6.07) is 13.3. The van der Waals surface area contributed by atoms with Crippen LogP contribution in [0.5, 0.6) is 0 Å². The van der Waals surface area contributed by atoms with E-state index in [9.17, 15) is 4.21 Å². The zero-order valence-electron chi connectivity index (χ0n) is 20.3. The molecule has 190 valence electrons. The number of nitrogens with zero attached hydrogens (tertiary/aromatic N) is 6. The lowest BCUT2D eigenvalue weighted by Crippen LogP contribution is -2.44. The van der Waals surface area contributed by atoms with Gasteiger partial charge in [-0.2, -0.15) is 4.98 Å². The van der Waals surface area contributed by atoms with E-state index >= 15 is 0 Å². The first-order valence-electron chi connectivity index (χ1n) is 11.6. The van der Waals surface area contributed by atoms with E-state index in [4.69, 9.17) is 15.3 Å². The lowest BCUT2D eigenvalue weighted by molar-refractivity contribution is 0.313. The molecule has 11 nitrogen and oxygen atoms in total. The number of benzene rings is 1. The van der Waals surface area contributed by atoms with Crippen LogP contribution in [-0.4, -0.2) is 66.8 Å². The molecule has 0 spiro atoms. The third kappa shape index (κ3) is 5.50. The number of piperazine rings is 1. The van der Waals surface area contributed by atoms with E-state index < -0.39 is 11.3 Å². The smallest absolute Gasteiger partial charge is 0.259 e. The van der Waals surface area contributed by atoms with E-state index in [1.54, 1.807) is 30.6 Å². The van der Waals surface area contributed by atoms with Crippen molar-refractivity contribution in [2.45, 2.75) is 0 Å². The molecular weight excluding hydrogens is 490 g/mol. The van der Waals surface area contributed by atoms with Crippen LogP contribution in [-0.2, 0) is 11.3 Å². The molecular formula is C25H27N9O2S. The monoisotopic (exact) mass is 517 g/mol. The van der Waals surface area contributed by atoms with Gasteiger partial charge in [0.25, 0.3) is 11.3 Å². The molecule has 5 N–H and O–H groups in total. The van der Waals surface area contributed by atoms with Crippen LogP contribution >= 0.6 is 0 Å². The summed E-state index contributed by atoms with van der Waals surface area (Å²) in [5, 5.41) is 3.88. The summed E-state index contributed by atoms with van der Waals surface area (Å²) in [7, 11) is 2.14. The Kier molecular flexibility index (Phi) is 6.95. The molecule has 5 rings (SSSR count). The molecule has 1 aliphatic rings. The first-order chi connectivity index (χ1) is 17.9. The number of nitrogens with two attached hydrogens (primary N) is 1. The summed E-state index contributed by atoms with van der Waals surface area (Å²) in [4.78, 5) is 22.8. The van der Waals surface area contributed by atoms with Gasteiger partial charge in [-0.15, -0.1) is 0 Å². The van der Waals surface area contributed by atoms with Crippen molar-refractivity contribution < 1.29 is 8.76 Å². The Labute approximate surface area is 216 Å². The minimum absolute atomic E-state index is 0.279. The molecule has 4 heterocycles. The SMILES string of the molecule is C=C(NS(=O)O)c1ccnc(-c2nccc3c(N)nc(Nc4ccc(N5CCN(C)CC5)cc4)nc23)c1. The van der Waals surface area contributed by atoms with Crippen LogP contribution < -0.4 is 20.7 Å². The number of hydrogen-bond donors (Lipinski definition) is 4. The number of hydrogen-bond acceptors (Lipinski definition) is 9. The molecule has 1 aliphatic heterocycles. The molecule has 0 amide bonds. The van der Waals surface area contributed by atoms with Gasteiger partial charge < -0.3 is 20.9 Å². The second-order valence-corrected chi connectivity index (χ2v) is 9.41. The molecule has 12 heteroatoms. The van der Waals surface area contributed by atoms with Crippen LogP contribution in [0, 0.1) is 0 Å². The summed E-state index contributed by atoms with van der Waals surface area (Å²) in [5.74, 6) is 0.646. The Balaban J connectivity index is 1.43. The van der Waals surface area contributed by atoms with E-state index in [0.717, 1.165) is 31.9 Å². The summed E-state index contributed by atoms with van der Waals surface area (Å²) in [6.45, 7) is 7.89. The highest BCUT2D eigenvalue weighted by Crippen LogP contribution is 2.29. The third-order valence-corrected chi connectivity index (χ3v) is 6.62. The average Bonchev–Trinajstić information content (AvgIpc) is 2.89. The molecule has 3 aromatic heterocycles. The van der Waals surface area contributed by atoms with Crippen molar-refractivity contribution in [2.75, 3.05) is 49.2 Å². The minimum Gasteiger partial charge on any atom is -0.383 e. The van der Waals surface area contributed by atoms with Gasteiger partial charge in [0.15, 0.2) is 0 Å². The molecule has 1 unspecified atom stereocenters. The average molecular weight is 518 g/mol. The highest BCUT2D eigenvalue weighted by atomic mass is 32.2. The molecule has 0 saturated carbocycles. The van der Waals surface area contributed by atoms with Gasteiger partial charge in [-0.25, -0.2) is 9.19 Å². The maximum atomic E-state index is 11.1. The highest BCUT2D eigenvalue weighted by molar-refractivity contribution is 7.77. The molecule has 4 aromatic rings. The summed E-state index contributed by atoms with van der Waals surface area (Å²) < 4.78 is 22.6. The van der Waals surface area contributed by atoms with Gasteiger partial charge in [-0.1, -0.05) is 6.58 Å². The van der Waals surface area contributed by atoms with E-state index in [-0.39, 0.29) is 5.70 Å². The Morgan fingerprint density at radius 3 is 2.51 bits per heavy atom. The van der Waals surface area contributed by atoms with E-state index in [1.807, 2.05) is 12.1 Å². The van der Waals surface area contributed by atoms with Crippen molar-refractivity contribution in [3.8, 4) is 11.4 Å². The van der Waals surface area contributed by atoms with Crippen molar-refractivity contribution in [3.63, 3.8) is 0 Å². The van der Waals surface area contributed by atoms with E-state index in [1.165, 1.54) is 5.69 Å². The molecule has 1 saturated heterocycles. The molecule has 0 radical (unpaired) electrons. The van der Waals surface area contributed by atoms with Gasteiger partial charge in [0, 0.05) is 66.6 Å². The Bertz CT molecular complexity index is 1470. The fourth-order valence-electron chi connectivity index (χ4n) is 4.18. The van der Waals surface area contributed by atoms with Gasteiger partial charge in [0.2, 0.25) is 5.95 Å². The molecule has 0 aliphatic carbocycles. The normalized spacial score (nSPS) is 14.9. The summed E-state index contributed by atoms with van der Waals surface area (Å²) >= 11 is -2.24. The minimum atomic E-state index is -2.24. The Morgan fingerprint density at radius 2 is 1.78 bits per heavy atom. The van der Waals surface area contributed by atoms with Crippen molar-refractivity contribution in [1.82, 2.24) is 29.6 Å². The topological polar surface area (TPSA) is 145 Å². The van der Waals surface area contributed by atoms with Gasteiger partial charge in [-0.3, -0.25) is 19.2 Å².